The van der Waals surface area contributed by atoms with Crippen molar-refractivity contribution in [3.05, 3.63) is 23.8 Å². The van der Waals surface area contributed by atoms with Gasteiger partial charge in [0.15, 0.2) is 0 Å². The average molecular weight is 390 g/mol. The summed E-state index contributed by atoms with van der Waals surface area (Å²) in [5.74, 6) is 1.96. The van der Waals surface area contributed by atoms with Crippen molar-refractivity contribution < 1.29 is 14.3 Å². The Labute approximate surface area is 169 Å². The Morgan fingerprint density at radius 3 is 2.71 bits per heavy atom. The molecule has 1 amide bonds. The number of nitrogens with zero attached hydrogens (tertiary/aromatic N) is 3. The van der Waals surface area contributed by atoms with E-state index in [0.717, 1.165) is 62.6 Å². The smallest absolute Gasteiger partial charge is 0.236 e. The van der Waals surface area contributed by atoms with Crippen molar-refractivity contribution in [2.75, 3.05) is 46.4 Å². The number of carbonyl (C=O) groups is 1. The second-order valence-electron chi connectivity index (χ2n) is 7.79. The second kappa shape index (κ2) is 9.61. The van der Waals surface area contributed by atoms with Crippen molar-refractivity contribution in [2.45, 2.75) is 52.3 Å². The normalized spacial score (nSPS) is 22.7. The molecule has 156 valence electrons. The number of benzene rings is 1. The summed E-state index contributed by atoms with van der Waals surface area (Å²) < 4.78 is 11.6. The Hall–Kier alpha value is -1.79. The molecule has 0 N–H and O–H groups in total. The second-order valence-corrected chi connectivity index (χ2v) is 7.79. The lowest BCUT2D eigenvalue weighted by molar-refractivity contribution is -0.131. The van der Waals surface area contributed by atoms with E-state index in [9.17, 15) is 4.79 Å². The van der Waals surface area contributed by atoms with Crippen LogP contribution in [0.5, 0.6) is 11.5 Å². The van der Waals surface area contributed by atoms with Crippen LogP contribution in [0, 0.1) is 0 Å². The minimum Gasteiger partial charge on any atom is -0.497 e. The lowest BCUT2D eigenvalue weighted by atomic mass is 10.1. The highest BCUT2D eigenvalue weighted by atomic mass is 16.5. The molecule has 1 fully saturated rings. The third kappa shape index (κ3) is 4.78. The van der Waals surface area contributed by atoms with Crippen LogP contribution in [0.1, 0.15) is 39.2 Å². The molecule has 1 aromatic carbocycles. The molecule has 0 saturated carbocycles. The molecule has 0 radical (unpaired) electrons. The van der Waals surface area contributed by atoms with E-state index in [1.807, 2.05) is 23.1 Å². The third-order valence-electron chi connectivity index (χ3n) is 6.08. The zero-order valence-corrected chi connectivity index (χ0v) is 17.8. The Morgan fingerprint density at radius 1 is 1.25 bits per heavy atom. The first-order valence-corrected chi connectivity index (χ1v) is 10.7. The van der Waals surface area contributed by atoms with E-state index in [1.165, 1.54) is 0 Å². The number of likely N-dealkylation sites (N-methyl/N-ethyl adjacent to an activating group) is 1. The van der Waals surface area contributed by atoms with Crippen LogP contribution in [0.2, 0.25) is 0 Å². The molecule has 6 heteroatoms. The first-order chi connectivity index (χ1) is 13.6. The average Bonchev–Trinajstić information content (AvgIpc) is 3.12. The number of amides is 1. The number of rotatable bonds is 7. The zero-order valence-electron chi connectivity index (χ0n) is 17.8. The van der Waals surface area contributed by atoms with Crippen molar-refractivity contribution >= 4 is 5.91 Å². The van der Waals surface area contributed by atoms with E-state index in [1.54, 1.807) is 7.11 Å². The van der Waals surface area contributed by atoms with Crippen LogP contribution < -0.4 is 9.47 Å². The van der Waals surface area contributed by atoms with E-state index < -0.39 is 0 Å². The maximum atomic E-state index is 13.0. The number of ether oxygens (including phenoxy) is 2. The van der Waals surface area contributed by atoms with Crippen LogP contribution in [0.4, 0.5) is 0 Å². The highest BCUT2D eigenvalue weighted by Crippen LogP contribution is 2.29. The number of hydrogen-bond acceptors (Lipinski definition) is 5. The molecule has 1 aromatic rings. The molecule has 3 rings (SSSR count). The van der Waals surface area contributed by atoms with E-state index in [0.29, 0.717) is 19.1 Å². The third-order valence-corrected chi connectivity index (χ3v) is 6.08. The minimum atomic E-state index is 0.101. The van der Waals surface area contributed by atoms with Crippen molar-refractivity contribution in [2.24, 2.45) is 0 Å². The summed E-state index contributed by atoms with van der Waals surface area (Å²) in [5.41, 5.74) is 1.09. The molecule has 1 saturated heterocycles. The fraction of sp³-hybridized carbons (Fsp3) is 0.682. The molecule has 6 nitrogen and oxygen atoms in total. The summed E-state index contributed by atoms with van der Waals surface area (Å²) in [7, 11) is 1.68. The van der Waals surface area contributed by atoms with Gasteiger partial charge in [-0.15, -0.1) is 0 Å². The lowest BCUT2D eigenvalue weighted by Gasteiger charge is -2.27. The molecule has 28 heavy (non-hydrogen) atoms. The molecular weight excluding hydrogens is 354 g/mol. The number of carbonyl (C=O) groups excluding carboxylic acids is 1. The molecule has 2 unspecified atom stereocenters. The monoisotopic (exact) mass is 389 g/mol. The van der Waals surface area contributed by atoms with Crippen LogP contribution in [-0.2, 0) is 11.3 Å². The van der Waals surface area contributed by atoms with E-state index >= 15 is 0 Å². The highest BCUT2D eigenvalue weighted by molar-refractivity contribution is 5.78. The Bertz CT molecular complexity index is 662. The van der Waals surface area contributed by atoms with E-state index in [4.69, 9.17) is 9.47 Å². The summed E-state index contributed by atoms with van der Waals surface area (Å²) in [4.78, 5) is 19.7. The summed E-state index contributed by atoms with van der Waals surface area (Å²) in [6.45, 7) is 12.3. The van der Waals surface area contributed by atoms with Crippen molar-refractivity contribution in [3.63, 3.8) is 0 Å². The largest absolute Gasteiger partial charge is 0.497 e. The van der Waals surface area contributed by atoms with Crippen molar-refractivity contribution in [1.29, 1.82) is 0 Å². The van der Waals surface area contributed by atoms with Crippen molar-refractivity contribution in [1.82, 2.24) is 14.7 Å². The fourth-order valence-corrected chi connectivity index (χ4v) is 4.36. The number of methoxy groups -OCH3 is 1. The Kier molecular flexibility index (Phi) is 7.18. The maximum Gasteiger partial charge on any atom is 0.236 e. The fourth-order valence-electron chi connectivity index (χ4n) is 4.36. The van der Waals surface area contributed by atoms with Crippen LogP contribution in [-0.4, -0.2) is 79.1 Å². The predicted molar refractivity (Wildman–Crippen MR) is 111 cm³/mol. The van der Waals surface area contributed by atoms with Gasteiger partial charge in [-0.25, -0.2) is 0 Å². The van der Waals surface area contributed by atoms with Crippen LogP contribution >= 0.6 is 0 Å². The number of likely N-dealkylation sites (tertiary alicyclic amines) is 1. The quantitative estimate of drug-likeness (QED) is 0.717. The summed E-state index contributed by atoms with van der Waals surface area (Å²) in [6, 6.07) is 6.44. The van der Waals surface area contributed by atoms with Gasteiger partial charge in [-0.1, -0.05) is 20.8 Å². The Balaban J connectivity index is 1.66. The van der Waals surface area contributed by atoms with Gasteiger partial charge in [0.2, 0.25) is 5.91 Å². The van der Waals surface area contributed by atoms with Gasteiger partial charge >= 0.3 is 0 Å². The molecule has 2 atom stereocenters. The van der Waals surface area contributed by atoms with E-state index in [-0.39, 0.29) is 12.0 Å². The molecule has 2 aliphatic heterocycles. The molecule has 0 spiro atoms. The molecule has 0 aliphatic carbocycles. The van der Waals surface area contributed by atoms with Gasteiger partial charge in [0.1, 0.15) is 17.6 Å². The van der Waals surface area contributed by atoms with Crippen LogP contribution in [0.3, 0.4) is 0 Å². The summed E-state index contributed by atoms with van der Waals surface area (Å²) >= 11 is 0. The van der Waals surface area contributed by atoms with Gasteiger partial charge in [0.25, 0.3) is 0 Å². The standard InChI is InChI=1S/C22H35N3O3/c1-5-19-15-23(13-17-12-20(27-4)8-9-21(17)28-19)16-22(26)25-11-10-18(14-25)24(6-2)7-3/h8-9,12,18-19H,5-7,10-11,13-16H2,1-4H3. The predicted octanol–water partition coefficient (Wildman–Crippen LogP) is 2.61. The topological polar surface area (TPSA) is 45.3 Å². The van der Waals surface area contributed by atoms with Gasteiger partial charge in [-0.05, 0) is 44.1 Å². The SMILES string of the molecule is CCC1CN(CC(=O)N2CCC(N(CC)CC)C2)Cc2cc(OC)ccc2O1. The van der Waals surface area contributed by atoms with Crippen LogP contribution in [0.15, 0.2) is 18.2 Å². The first kappa shape index (κ1) is 20.9. The van der Waals surface area contributed by atoms with Crippen molar-refractivity contribution in [3.8, 4) is 11.5 Å². The first-order valence-electron chi connectivity index (χ1n) is 10.7. The van der Waals surface area contributed by atoms with Gasteiger partial charge in [-0.3, -0.25) is 14.6 Å². The van der Waals surface area contributed by atoms with Gasteiger partial charge < -0.3 is 14.4 Å². The van der Waals surface area contributed by atoms with E-state index in [2.05, 4.69) is 30.6 Å². The van der Waals surface area contributed by atoms with Crippen LogP contribution in [0.25, 0.3) is 0 Å². The lowest BCUT2D eigenvalue weighted by Crippen LogP contribution is -2.43. The summed E-state index contributed by atoms with van der Waals surface area (Å²) in [6.07, 6.45) is 2.10. The molecule has 0 bridgehead atoms. The molecule has 2 aliphatic rings. The van der Waals surface area contributed by atoms with Gasteiger partial charge in [0, 0.05) is 37.8 Å². The van der Waals surface area contributed by atoms with Gasteiger partial charge in [0.05, 0.1) is 13.7 Å². The summed E-state index contributed by atoms with van der Waals surface area (Å²) in [5, 5.41) is 0. The molecular formula is C22H35N3O3. The maximum absolute atomic E-state index is 13.0. The van der Waals surface area contributed by atoms with Gasteiger partial charge in [-0.2, -0.15) is 0 Å². The number of hydrogen-bond donors (Lipinski definition) is 0. The number of fused-ring (bicyclic) bond motifs is 1. The minimum absolute atomic E-state index is 0.101. The Morgan fingerprint density at radius 2 is 2.04 bits per heavy atom. The highest BCUT2D eigenvalue weighted by Gasteiger charge is 2.31. The molecule has 0 aromatic heterocycles. The zero-order chi connectivity index (χ0) is 20.1. The molecule has 2 heterocycles.